The number of rotatable bonds is 3. The summed E-state index contributed by atoms with van der Waals surface area (Å²) in [6, 6.07) is 23.9. The first kappa shape index (κ1) is 23.5. The van der Waals surface area contributed by atoms with Crippen molar-refractivity contribution in [2.45, 2.75) is 65.7 Å². The molecule has 0 amide bonds. The van der Waals surface area contributed by atoms with E-state index in [1.807, 2.05) is 19.9 Å². The number of para-hydroxylation sites is 1. The normalized spacial score (nSPS) is 19.9. The van der Waals surface area contributed by atoms with Crippen LogP contribution in [0.2, 0.25) is 0 Å². The van der Waals surface area contributed by atoms with Gasteiger partial charge in [0.05, 0.1) is 0 Å². The van der Waals surface area contributed by atoms with Crippen molar-refractivity contribution in [1.29, 1.82) is 0 Å². The highest BCUT2D eigenvalue weighted by molar-refractivity contribution is 5.91. The Morgan fingerprint density at radius 3 is 2.40 bits per heavy atom. The zero-order valence-corrected chi connectivity index (χ0v) is 21.9. The van der Waals surface area contributed by atoms with E-state index in [1.54, 1.807) is 0 Å². The molecule has 1 heterocycles. The van der Waals surface area contributed by atoms with Crippen molar-refractivity contribution in [3.05, 3.63) is 101 Å². The number of allylic oxidation sites excluding steroid dienone is 1. The molecular weight excluding hydrogens is 426 g/mol. The second kappa shape index (κ2) is 9.07. The summed E-state index contributed by atoms with van der Waals surface area (Å²) in [7, 11) is 0. The van der Waals surface area contributed by atoms with E-state index in [0.29, 0.717) is 11.8 Å². The van der Waals surface area contributed by atoms with Crippen molar-refractivity contribution in [2.75, 3.05) is 5.32 Å². The summed E-state index contributed by atoms with van der Waals surface area (Å²) in [6.45, 7) is 13.5. The minimum Gasteiger partial charge on any atom is -0.456 e. The summed E-state index contributed by atoms with van der Waals surface area (Å²) < 4.78 is 6.29. The molecule has 180 valence electrons. The summed E-state index contributed by atoms with van der Waals surface area (Å²) >= 11 is 0. The van der Waals surface area contributed by atoms with E-state index in [1.165, 1.54) is 38.9 Å². The van der Waals surface area contributed by atoms with Gasteiger partial charge in [-0.25, -0.2) is 0 Å². The van der Waals surface area contributed by atoms with E-state index in [4.69, 9.17) is 4.42 Å². The van der Waals surface area contributed by atoms with Gasteiger partial charge in [-0.3, -0.25) is 0 Å². The molecule has 2 unspecified atom stereocenters. The standard InChI is InChI=1S/C31H31NO.C2H6/c1-19-20(2)31(3,4)26-12-8-13-27(29(19)26)32-22-17-15-21(16-18-22)23-10-7-11-25-24-9-5-6-14-28(24)33-30(23)25;1-2/h5-6,8-10,12-20,32H,7,11H2,1-4H3;1-2H3. The molecule has 0 bridgehead atoms. The molecule has 0 spiro atoms. The number of anilines is 2. The fourth-order valence-electron chi connectivity index (χ4n) is 6.00. The van der Waals surface area contributed by atoms with Crippen LogP contribution in [0.15, 0.2) is 77.2 Å². The average Bonchev–Trinajstić information content (AvgIpc) is 3.35. The first-order chi connectivity index (χ1) is 16.9. The fourth-order valence-corrected chi connectivity index (χ4v) is 6.00. The Morgan fingerprint density at radius 2 is 1.63 bits per heavy atom. The quantitative estimate of drug-likeness (QED) is 0.327. The largest absolute Gasteiger partial charge is 0.456 e. The van der Waals surface area contributed by atoms with E-state index in [-0.39, 0.29) is 5.41 Å². The predicted molar refractivity (Wildman–Crippen MR) is 150 cm³/mol. The van der Waals surface area contributed by atoms with Gasteiger partial charge < -0.3 is 9.73 Å². The molecule has 2 aliphatic carbocycles. The molecule has 2 heteroatoms. The number of aryl methyl sites for hydroxylation is 1. The highest BCUT2D eigenvalue weighted by Crippen LogP contribution is 2.52. The molecule has 2 atom stereocenters. The van der Waals surface area contributed by atoms with Gasteiger partial charge in [-0.15, -0.1) is 0 Å². The average molecular weight is 464 g/mol. The van der Waals surface area contributed by atoms with Crippen molar-refractivity contribution >= 4 is 27.9 Å². The zero-order chi connectivity index (χ0) is 24.7. The molecular formula is C33H37NO. The van der Waals surface area contributed by atoms with Crippen LogP contribution in [-0.4, -0.2) is 0 Å². The van der Waals surface area contributed by atoms with Crippen LogP contribution in [0.25, 0.3) is 16.5 Å². The van der Waals surface area contributed by atoms with Crippen LogP contribution in [-0.2, 0) is 11.8 Å². The summed E-state index contributed by atoms with van der Waals surface area (Å²) in [6.07, 6.45) is 4.41. The SMILES string of the molecule is CC.CC1c2c(Nc3ccc(C4=CCCc5c4oc4ccccc54)cc3)cccc2C(C)(C)C1C. The topological polar surface area (TPSA) is 25.2 Å². The molecule has 0 saturated carbocycles. The highest BCUT2D eigenvalue weighted by Gasteiger charge is 2.42. The molecule has 3 aromatic carbocycles. The van der Waals surface area contributed by atoms with E-state index < -0.39 is 0 Å². The number of fused-ring (bicyclic) bond motifs is 4. The fraction of sp³-hybridized carbons (Fsp3) is 0.333. The van der Waals surface area contributed by atoms with Gasteiger partial charge in [0, 0.05) is 27.9 Å². The van der Waals surface area contributed by atoms with Gasteiger partial charge in [0.25, 0.3) is 0 Å². The monoisotopic (exact) mass is 463 g/mol. The highest BCUT2D eigenvalue weighted by atomic mass is 16.3. The van der Waals surface area contributed by atoms with Crippen LogP contribution in [0.5, 0.6) is 0 Å². The van der Waals surface area contributed by atoms with Gasteiger partial charge >= 0.3 is 0 Å². The minimum absolute atomic E-state index is 0.202. The van der Waals surface area contributed by atoms with Crippen LogP contribution in [0.1, 0.15) is 81.9 Å². The predicted octanol–water partition coefficient (Wildman–Crippen LogP) is 9.61. The van der Waals surface area contributed by atoms with Crippen LogP contribution in [0.4, 0.5) is 11.4 Å². The molecule has 0 radical (unpaired) electrons. The Hall–Kier alpha value is -3.26. The summed E-state index contributed by atoms with van der Waals surface area (Å²) in [4.78, 5) is 0. The third-order valence-electron chi connectivity index (χ3n) is 8.30. The summed E-state index contributed by atoms with van der Waals surface area (Å²) in [5.41, 5.74) is 10.3. The van der Waals surface area contributed by atoms with E-state index >= 15 is 0 Å². The molecule has 1 N–H and O–H groups in total. The molecule has 0 fully saturated rings. The Labute approximate surface area is 210 Å². The maximum Gasteiger partial charge on any atom is 0.138 e. The van der Waals surface area contributed by atoms with Crippen molar-refractivity contribution in [2.24, 2.45) is 5.92 Å². The summed E-state index contributed by atoms with van der Waals surface area (Å²) in [5.74, 6) is 2.19. The number of benzene rings is 3. The van der Waals surface area contributed by atoms with Crippen molar-refractivity contribution < 1.29 is 4.42 Å². The molecule has 1 aromatic heterocycles. The third kappa shape index (κ3) is 3.80. The van der Waals surface area contributed by atoms with Gasteiger partial charge in [-0.05, 0) is 71.0 Å². The number of hydrogen-bond donors (Lipinski definition) is 1. The van der Waals surface area contributed by atoms with Gasteiger partial charge in [0.15, 0.2) is 0 Å². The third-order valence-corrected chi connectivity index (χ3v) is 8.30. The van der Waals surface area contributed by atoms with Crippen LogP contribution in [0.3, 0.4) is 0 Å². The van der Waals surface area contributed by atoms with Crippen LogP contribution < -0.4 is 5.32 Å². The van der Waals surface area contributed by atoms with Gasteiger partial charge in [-0.2, -0.15) is 0 Å². The smallest absolute Gasteiger partial charge is 0.138 e. The van der Waals surface area contributed by atoms with E-state index in [0.717, 1.165) is 29.9 Å². The number of hydrogen-bond acceptors (Lipinski definition) is 2. The summed E-state index contributed by atoms with van der Waals surface area (Å²) in [5, 5.41) is 4.97. The van der Waals surface area contributed by atoms with Gasteiger partial charge in [0.2, 0.25) is 0 Å². The lowest BCUT2D eigenvalue weighted by molar-refractivity contribution is 0.342. The molecule has 2 aliphatic rings. The van der Waals surface area contributed by atoms with Gasteiger partial charge in [0.1, 0.15) is 11.3 Å². The van der Waals surface area contributed by atoms with E-state index in [2.05, 4.69) is 99.8 Å². The van der Waals surface area contributed by atoms with Crippen molar-refractivity contribution in [1.82, 2.24) is 0 Å². The van der Waals surface area contributed by atoms with Crippen LogP contribution in [0, 0.1) is 5.92 Å². The lowest BCUT2D eigenvalue weighted by atomic mass is 9.78. The molecule has 2 nitrogen and oxygen atoms in total. The lowest BCUT2D eigenvalue weighted by Crippen LogP contribution is -2.22. The Kier molecular flexibility index (Phi) is 6.09. The van der Waals surface area contributed by atoms with E-state index in [9.17, 15) is 0 Å². The Balaban J connectivity index is 0.00000124. The number of furan rings is 1. The Bertz CT molecular complexity index is 1390. The van der Waals surface area contributed by atoms with Crippen molar-refractivity contribution in [3.63, 3.8) is 0 Å². The second-order valence-corrected chi connectivity index (χ2v) is 10.3. The molecule has 0 saturated heterocycles. The van der Waals surface area contributed by atoms with Crippen LogP contribution >= 0.6 is 0 Å². The minimum atomic E-state index is 0.202. The lowest BCUT2D eigenvalue weighted by Gasteiger charge is -2.26. The molecule has 35 heavy (non-hydrogen) atoms. The van der Waals surface area contributed by atoms with Crippen molar-refractivity contribution in [3.8, 4) is 0 Å². The zero-order valence-electron chi connectivity index (χ0n) is 21.9. The second-order valence-electron chi connectivity index (χ2n) is 10.3. The molecule has 0 aliphatic heterocycles. The maximum atomic E-state index is 6.29. The maximum absolute atomic E-state index is 6.29. The first-order valence-corrected chi connectivity index (χ1v) is 13.2. The molecule has 6 rings (SSSR count). The van der Waals surface area contributed by atoms with Gasteiger partial charge in [-0.1, -0.05) is 90.1 Å². The first-order valence-electron chi connectivity index (χ1n) is 13.2. The number of nitrogens with one attached hydrogen (secondary N) is 1. The molecule has 4 aromatic rings. The Morgan fingerprint density at radius 1 is 0.886 bits per heavy atom.